The van der Waals surface area contributed by atoms with Gasteiger partial charge < -0.3 is 20.1 Å². The van der Waals surface area contributed by atoms with Gasteiger partial charge in [0.25, 0.3) is 0 Å². The first kappa shape index (κ1) is 16.8. The lowest BCUT2D eigenvalue weighted by Gasteiger charge is -2.40. The second kappa shape index (κ2) is 7.23. The van der Waals surface area contributed by atoms with E-state index in [0.29, 0.717) is 6.42 Å². The summed E-state index contributed by atoms with van der Waals surface area (Å²) in [5.41, 5.74) is 0.0897. The van der Waals surface area contributed by atoms with Crippen molar-refractivity contribution in [1.82, 2.24) is 25.1 Å². The van der Waals surface area contributed by atoms with Crippen molar-refractivity contribution in [1.29, 1.82) is 0 Å². The van der Waals surface area contributed by atoms with E-state index in [2.05, 4.69) is 32.0 Å². The zero-order chi connectivity index (χ0) is 17.0. The first-order chi connectivity index (χ1) is 11.6. The van der Waals surface area contributed by atoms with Crippen LogP contribution in [-0.4, -0.2) is 59.0 Å². The predicted octanol–water partition coefficient (Wildman–Crippen LogP) is 0.759. The van der Waals surface area contributed by atoms with Crippen molar-refractivity contribution in [2.75, 3.05) is 32.7 Å². The Kier molecular flexibility index (Phi) is 5.06. The monoisotopic (exact) mass is 332 g/mol. The molecule has 2 aliphatic rings. The number of hydrogen-bond acceptors (Lipinski definition) is 3. The normalized spacial score (nSPS) is 24.5. The van der Waals surface area contributed by atoms with Crippen molar-refractivity contribution in [2.45, 2.75) is 39.7 Å². The highest BCUT2D eigenvalue weighted by atomic mass is 16.1. The molecule has 2 saturated heterocycles. The molecule has 1 spiro atoms. The van der Waals surface area contributed by atoms with Crippen LogP contribution in [0.5, 0.6) is 0 Å². The van der Waals surface area contributed by atoms with Crippen molar-refractivity contribution >= 4 is 11.9 Å². The van der Waals surface area contributed by atoms with Crippen molar-refractivity contribution in [3.05, 3.63) is 18.2 Å². The van der Waals surface area contributed by atoms with Gasteiger partial charge in [0.05, 0.1) is 6.54 Å². The molecule has 7 heteroatoms. The van der Waals surface area contributed by atoms with Gasteiger partial charge in [-0.2, -0.15) is 0 Å². The van der Waals surface area contributed by atoms with Crippen LogP contribution < -0.4 is 10.6 Å². The highest BCUT2D eigenvalue weighted by Crippen LogP contribution is 2.35. The van der Waals surface area contributed by atoms with Gasteiger partial charge in [-0.1, -0.05) is 0 Å². The van der Waals surface area contributed by atoms with Gasteiger partial charge in [-0.05, 0) is 26.7 Å². The average Bonchev–Trinajstić information content (AvgIpc) is 3.13. The fourth-order valence-electron chi connectivity index (χ4n) is 3.76. The van der Waals surface area contributed by atoms with E-state index >= 15 is 0 Å². The lowest BCUT2D eigenvalue weighted by molar-refractivity contribution is -0.119. The number of hydrogen-bond donors (Lipinski definition) is 2. The zero-order valence-corrected chi connectivity index (χ0v) is 14.7. The summed E-state index contributed by atoms with van der Waals surface area (Å²) in [4.78, 5) is 23.0. The first-order valence-electron chi connectivity index (χ1n) is 8.90. The van der Waals surface area contributed by atoms with E-state index in [0.717, 1.165) is 63.9 Å². The van der Waals surface area contributed by atoms with E-state index in [4.69, 9.17) is 4.99 Å². The second-order valence-electron chi connectivity index (χ2n) is 6.88. The number of rotatable bonds is 4. The minimum Gasteiger partial charge on any atom is -0.357 e. The average molecular weight is 332 g/mol. The van der Waals surface area contributed by atoms with Crippen LogP contribution in [-0.2, 0) is 11.3 Å². The smallest absolute Gasteiger partial charge is 0.220 e. The summed E-state index contributed by atoms with van der Waals surface area (Å²) in [5.74, 6) is 2.17. The van der Waals surface area contributed by atoms with Gasteiger partial charge in [0.1, 0.15) is 5.82 Å². The van der Waals surface area contributed by atoms with Crippen LogP contribution in [0.3, 0.4) is 0 Å². The van der Waals surface area contributed by atoms with Crippen LogP contribution in [0.4, 0.5) is 0 Å². The molecule has 0 saturated carbocycles. The van der Waals surface area contributed by atoms with Crippen LogP contribution in [0.2, 0.25) is 0 Å². The minimum absolute atomic E-state index is 0.0897. The second-order valence-corrected chi connectivity index (χ2v) is 6.88. The molecule has 0 radical (unpaired) electrons. The Morgan fingerprint density at radius 3 is 3.08 bits per heavy atom. The Labute approximate surface area is 143 Å². The number of carbonyl (C=O) groups excluding carboxylic acids is 1. The molecule has 1 aromatic rings. The van der Waals surface area contributed by atoms with E-state index in [-0.39, 0.29) is 11.3 Å². The highest BCUT2D eigenvalue weighted by molar-refractivity contribution is 5.81. The molecular weight excluding hydrogens is 304 g/mol. The van der Waals surface area contributed by atoms with Crippen LogP contribution in [0.25, 0.3) is 0 Å². The largest absolute Gasteiger partial charge is 0.357 e. The van der Waals surface area contributed by atoms with Gasteiger partial charge in [0, 0.05) is 57.0 Å². The lowest BCUT2D eigenvalue weighted by Crippen LogP contribution is -2.51. The molecule has 1 aromatic heterocycles. The summed E-state index contributed by atoms with van der Waals surface area (Å²) in [6, 6.07) is 0. The molecule has 1 amide bonds. The third kappa shape index (κ3) is 3.71. The number of piperidine rings is 1. The number of nitrogens with one attached hydrogen (secondary N) is 2. The molecule has 3 rings (SSSR count). The lowest BCUT2D eigenvalue weighted by atomic mass is 9.79. The van der Waals surface area contributed by atoms with Gasteiger partial charge in [0.15, 0.2) is 5.96 Å². The SMILES string of the molecule is CCNC(=NCCn1ccnc1C)N1CCCC2(CNC(=O)C2)C1. The van der Waals surface area contributed by atoms with Crippen LogP contribution >= 0.6 is 0 Å². The van der Waals surface area contributed by atoms with Crippen molar-refractivity contribution < 1.29 is 4.79 Å². The van der Waals surface area contributed by atoms with E-state index in [1.807, 2.05) is 19.3 Å². The fraction of sp³-hybridized carbons (Fsp3) is 0.706. The van der Waals surface area contributed by atoms with Crippen LogP contribution in [0.15, 0.2) is 17.4 Å². The quantitative estimate of drug-likeness (QED) is 0.631. The van der Waals surface area contributed by atoms with Gasteiger partial charge in [-0.15, -0.1) is 0 Å². The maximum atomic E-state index is 11.7. The summed E-state index contributed by atoms with van der Waals surface area (Å²) in [6.07, 6.45) is 6.69. The Balaban J connectivity index is 1.64. The maximum Gasteiger partial charge on any atom is 0.220 e. The van der Waals surface area contributed by atoms with Gasteiger partial charge >= 0.3 is 0 Å². The van der Waals surface area contributed by atoms with E-state index in [9.17, 15) is 4.79 Å². The van der Waals surface area contributed by atoms with Crippen LogP contribution in [0.1, 0.15) is 32.0 Å². The molecule has 2 N–H and O–H groups in total. The molecule has 132 valence electrons. The van der Waals surface area contributed by atoms with Crippen molar-refractivity contribution in [2.24, 2.45) is 10.4 Å². The first-order valence-corrected chi connectivity index (χ1v) is 8.90. The maximum absolute atomic E-state index is 11.7. The molecule has 0 aromatic carbocycles. The molecule has 2 aliphatic heterocycles. The third-order valence-electron chi connectivity index (χ3n) is 5.02. The zero-order valence-electron chi connectivity index (χ0n) is 14.7. The molecule has 0 aliphatic carbocycles. The fourth-order valence-corrected chi connectivity index (χ4v) is 3.76. The number of carbonyl (C=O) groups is 1. The molecular formula is C17H28N6O. The van der Waals surface area contributed by atoms with Crippen molar-refractivity contribution in [3.8, 4) is 0 Å². The number of aliphatic imine (C=N–C) groups is 1. The Hall–Kier alpha value is -2.05. The predicted molar refractivity (Wildman–Crippen MR) is 93.8 cm³/mol. The van der Waals surface area contributed by atoms with Gasteiger partial charge in [0.2, 0.25) is 5.91 Å². The highest BCUT2D eigenvalue weighted by Gasteiger charge is 2.42. The van der Waals surface area contributed by atoms with Gasteiger partial charge in [-0.25, -0.2) is 4.98 Å². The van der Waals surface area contributed by atoms with E-state index < -0.39 is 0 Å². The summed E-state index contributed by atoms with van der Waals surface area (Å²) >= 11 is 0. The standard InChI is InChI=1S/C17H28N6O/c1-3-18-16(20-7-10-22-9-6-19-14(22)2)23-8-4-5-17(13-23)11-15(24)21-12-17/h6,9H,3-5,7-8,10-13H2,1-2H3,(H,18,20)(H,21,24). The number of nitrogens with zero attached hydrogens (tertiary/aromatic N) is 4. The van der Waals surface area contributed by atoms with Gasteiger partial charge in [-0.3, -0.25) is 9.79 Å². The summed E-state index contributed by atoms with van der Waals surface area (Å²) < 4.78 is 2.12. The summed E-state index contributed by atoms with van der Waals surface area (Å²) in [6.45, 7) is 9.22. The number of likely N-dealkylation sites (tertiary alicyclic amines) is 1. The number of aromatic nitrogens is 2. The van der Waals surface area contributed by atoms with Crippen LogP contribution in [0, 0.1) is 12.3 Å². The third-order valence-corrected chi connectivity index (χ3v) is 5.02. The Morgan fingerprint density at radius 1 is 1.54 bits per heavy atom. The molecule has 24 heavy (non-hydrogen) atoms. The molecule has 7 nitrogen and oxygen atoms in total. The Bertz CT molecular complexity index is 610. The topological polar surface area (TPSA) is 74.6 Å². The molecule has 1 atom stereocenters. The molecule has 2 fully saturated rings. The van der Waals surface area contributed by atoms with E-state index in [1.165, 1.54) is 0 Å². The number of amides is 1. The number of guanidine groups is 1. The molecule has 1 unspecified atom stereocenters. The summed E-state index contributed by atoms with van der Waals surface area (Å²) in [7, 11) is 0. The van der Waals surface area contributed by atoms with E-state index in [1.54, 1.807) is 0 Å². The summed E-state index contributed by atoms with van der Waals surface area (Å²) in [5, 5.41) is 6.41. The molecule has 3 heterocycles. The van der Waals surface area contributed by atoms with Crippen molar-refractivity contribution in [3.63, 3.8) is 0 Å². The number of aryl methyl sites for hydroxylation is 1. The Morgan fingerprint density at radius 2 is 2.42 bits per heavy atom. The number of imidazole rings is 1. The minimum atomic E-state index is 0.0897. The molecule has 0 bridgehead atoms.